The minimum absolute atomic E-state index is 0.0791. The van der Waals surface area contributed by atoms with Gasteiger partial charge in [-0.2, -0.15) is 4.31 Å². The van der Waals surface area contributed by atoms with Crippen molar-refractivity contribution in [2.45, 2.75) is 31.6 Å². The number of hydrogen-bond donors (Lipinski definition) is 1. The Hall–Kier alpha value is -2.42. The number of rotatable bonds is 6. The lowest BCUT2D eigenvalue weighted by Gasteiger charge is -2.33. The van der Waals surface area contributed by atoms with Crippen molar-refractivity contribution >= 4 is 27.3 Å². The molecule has 0 bridgehead atoms. The molecule has 2 aliphatic heterocycles. The molecule has 2 saturated heterocycles. The van der Waals surface area contributed by atoms with E-state index in [0.29, 0.717) is 31.1 Å². The zero-order valence-electron chi connectivity index (χ0n) is 18.9. The second-order valence-electron chi connectivity index (χ2n) is 8.74. The first-order chi connectivity index (χ1) is 15.3. The SMILES string of the molecule is Cc1ccc(S(=O)(=O)N2CCN(CC(=O)Nc3ccc(N4CCCC4)cc3)CC2)c(C)c1. The molecule has 2 heterocycles. The number of amides is 1. The fourth-order valence-corrected chi connectivity index (χ4v) is 6.12. The highest BCUT2D eigenvalue weighted by Crippen LogP contribution is 2.23. The summed E-state index contributed by atoms with van der Waals surface area (Å²) in [6, 6.07) is 13.4. The number of benzene rings is 2. The van der Waals surface area contributed by atoms with Gasteiger partial charge in [0.25, 0.3) is 0 Å². The molecule has 0 aromatic heterocycles. The maximum absolute atomic E-state index is 13.0. The van der Waals surface area contributed by atoms with E-state index in [9.17, 15) is 13.2 Å². The predicted molar refractivity (Wildman–Crippen MR) is 128 cm³/mol. The quantitative estimate of drug-likeness (QED) is 0.724. The van der Waals surface area contributed by atoms with E-state index in [-0.39, 0.29) is 12.5 Å². The van der Waals surface area contributed by atoms with Crippen LogP contribution in [0.3, 0.4) is 0 Å². The van der Waals surface area contributed by atoms with Crippen LogP contribution >= 0.6 is 0 Å². The first-order valence-corrected chi connectivity index (χ1v) is 12.7. The van der Waals surface area contributed by atoms with E-state index in [1.54, 1.807) is 6.07 Å². The minimum atomic E-state index is -3.52. The van der Waals surface area contributed by atoms with Crippen LogP contribution in [-0.4, -0.2) is 69.3 Å². The molecule has 1 amide bonds. The maximum atomic E-state index is 13.0. The van der Waals surface area contributed by atoms with Crippen LogP contribution in [0.5, 0.6) is 0 Å². The van der Waals surface area contributed by atoms with Gasteiger partial charge in [0.1, 0.15) is 0 Å². The molecule has 2 fully saturated rings. The second-order valence-corrected chi connectivity index (χ2v) is 10.6. The Morgan fingerprint density at radius 2 is 1.56 bits per heavy atom. The summed E-state index contributed by atoms with van der Waals surface area (Å²) < 4.78 is 27.6. The number of carbonyl (C=O) groups excluding carboxylic acids is 1. The fraction of sp³-hybridized carbons (Fsp3) is 0.458. The zero-order valence-corrected chi connectivity index (χ0v) is 19.7. The van der Waals surface area contributed by atoms with Crippen molar-refractivity contribution < 1.29 is 13.2 Å². The van der Waals surface area contributed by atoms with E-state index in [2.05, 4.69) is 22.3 Å². The van der Waals surface area contributed by atoms with Crippen molar-refractivity contribution in [3.05, 3.63) is 53.6 Å². The van der Waals surface area contributed by atoms with Gasteiger partial charge in [-0.25, -0.2) is 8.42 Å². The Bertz CT molecular complexity index is 1060. The third-order valence-electron chi connectivity index (χ3n) is 6.27. The van der Waals surface area contributed by atoms with Crippen molar-refractivity contribution in [1.82, 2.24) is 9.21 Å². The van der Waals surface area contributed by atoms with Crippen LogP contribution in [0.15, 0.2) is 47.4 Å². The summed E-state index contributed by atoms with van der Waals surface area (Å²) in [7, 11) is -3.52. The van der Waals surface area contributed by atoms with Crippen molar-refractivity contribution in [3.8, 4) is 0 Å². The van der Waals surface area contributed by atoms with Gasteiger partial charge in [-0.1, -0.05) is 17.7 Å². The summed E-state index contributed by atoms with van der Waals surface area (Å²) >= 11 is 0. The number of carbonyl (C=O) groups is 1. The molecule has 4 rings (SSSR count). The van der Waals surface area contributed by atoms with E-state index in [1.807, 2.05) is 43.0 Å². The number of hydrogen-bond acceptors (Lipinski definition) is 5. The molecule has 0 radical (unpaired) electrons. The third-order valence-corrected chi connectivity index (χ3v) is 8.33. The molecule has 7 nitrogen and oxygen atoms in total. The van der Waals surface area contributed by atoms with Crippen LogP contribution in [0.4, 0.5) is 11.4 Å². The standard InChI is InChI=1S/C24H32N4O3S/c1-19-5-10-23(20(2)17-19)32(30,31)28-15-13-26(14-16-28)18-24(29)25-21-6-8-22(9-7-21)27-11-3-4-12-27/h5-10,17H,3-4,11-16,18H2,1-2H3,(H,25,29). The monoisotopic (exact) mass is 456 g/mol. The first-order valence-electron chi connectivity index (χ1n) is 11.3. The van der Waals surface area contributed by atoms with Gasteiger partial charge in [0.15, 0.2) is 0 Å². The summed E-state index contributed by atoms with van der Waals surface area (Å²) in [5.74, 6) is -0.0791. The second kappa shape index (κ2) is 9.60. The average Bonchev–Trinajstić information content (AvgIpc) is 3.29. The van der Waals surface area contributed by atoms with Crippen molar-refractivity contribution in [3.63, 3.8) is 0 Å². The summed E-state index contributed by atoms with van der Waals surface area (Å²) in [5, 5.41) is 2.96. The Morgan fingerprint density at radius 1 is 0.906 bits per heavy atom. The molecule has 1 N–H and O–H groups in total. The molecule has 32 heavy (non-hydrogen) atoms. The fourth-order valence-electron chi connectivity index (χ4n) is 4.49. The van der Waals surface area contributed by atoms with Gasteiger partial charge in [-0.05, 0) is 62.6 Å². The van der Waals surface area contributed by atoms with E-state index in [0.717, 1.165) is 29.9 Å². The lowest BCUT2D eigenvalue weighted by Crippen LogP contribution is -2.50. The lowest BCUT2D eigenvalue weighted by molar-refractivity contribution is -0.117. The lowest BCUT2D eigenvalue weighted by atomic mass is 10.2. The van der Waals surface area contributed by atoms with Gasteiger partial charge in [0.2, 0.25) is 15.9 Å². The van der Waals surface area contributed by atoms with Gasteiger partial charge in [0, 0.05) is 50.6 Å². The molecule has 0 atom stereocenters. The molecular weight excluding hydrogens is 424 g/mol. The number of sulfonamides is 1. The predicted octanol–water partition coefficient (Wildman–Crippen LogP) is 2.85. The normalized spacial score (nSPS) is 18.1. The number of nitrogens with one attached hydrogen (secondary N) is 1. The van der Waals surface area contributed by atoms with Gasteiger partial charge in [-0.15, -0.1) is 0 Å². The van der Waals surface area contributed by atoms with Crippen LogP contribution < -0.4 is 10.2 Å². The van der Waals surface area contributed by atoms with Crippen LogP contribution in [0.2, 0.25) is 0 Å². The first kappa shape index (κ1) is 22.8. The van der Waals surface area contributed by atoms with Gasteiger partial charge < -0.3 is 10.2 Å². The minimum Gasteiger partial charge on any atom is -0.372 e. The zero-order chi connectivity index (χ0) is 22.7. The van der Waals surface area contributed by atoms with Gasteiger partial charge in [-0.3, -0.25) is 9.69 Å². The van der Waals surface area contributed by atoms with E-state index in [4.69, 9.17) is 0 Å². The molecule has 0 spiro atoms. The van der Waals surface area contributed by atoms with Crippen LogP contribution in [0.1, 0.15) is 24.0 Å². The number of piperazine rings is 1. The Labute approximate surface area is 191 Å². The van der Waals surface area contributed by atoms with Crippen molar-refractivity contribution in [1.29, 1.82) is 0 Å². The largest absolute Gasteiger partial charge is 0.372 e. The topological polar surface area (TPSA) is 73.0 Å². The molecule has 0 saturated carbocycles. The molecule has 0 aliphatic carbocycles. The Morgan fingerprint density at radius 3 is 2.19 bits per heavy atom. The highest BCUT2D eigenvalue weighted by atomic mass is 32.2. The molecule has 2 aromatic carbocycles. The summed E-state index contributed by atoms with van der Waals surface area (Å²) in [6.07, 6.45) is 2.47. The van der Waals surface area contributed by atoms with E-state index < -0.39 is 10.0 Å². The van der Waals surface area contributed by atoms with Crippen LogP contribution in [0.25, 0.3) is 0 Å². The average molecular weight is 457 g/mol. The molecule has 172 valence electrons. The highest BCUT2D eigenvalue weighted by molar-refractivity contribution is 7.89. The van der Waals surface area contributed by atoms with Crippen molar-refractivity contribution in [2.75, 3.05) is 56.0 Å². The molecule has 0 unspecified atom stereocenters. The van der Waals surface area contributed by atoms with E-state index in [1.165, 1.54) is 22.8 Å². The third kappa shape index (κ3) is 5.14. The molecule has 8 heteroatoms. The smallest absolute Gasteiger partial charge is 0.243 e. The van der Waals surface area contributed by atoms with Gasteiger partial charge >= 0.3 is 0 Å². The Balaban J connectivity index is 1.28. The van der Waals surface area contributed by atoms with Gasteiger partial charge in [0.05, 0.1) is 11.4 Å². The molecule has 2 aromatic rings. The summed E-state index contributed by atoms with van der Waals surface area (Å²) in [4.78, 5) is 17.2. The summed E-state index contributed by atoms with van der Waals surface area (Å²) in [5.41, 5.74) is 3.79. The molecular formula is C24H32N4O3S. The number of aryl methyl sites for hydroxylation is 2. The molecule has 2 aliphatic rings. The number of nitrogens with zero attached hydrogens (tertiary/aromatic N) is 3. The van der Waals surface area contributed by atoms with Crippen molar-refractivity contribution in [2.24, 2.45) is 0 Å². The highest BCUT2D eigenvalue weighted by Gasteiger charge is 2.30. The van der Waals surface area contributed by atoms with Crippen LogP contribution in [0, 0.1) is 13.8 Å². The number of anilines is 2. The maximum Gasteiger partial charge on any atom is 0.243 e. The Kier molecular flexibility index (Phi) is 6.83. The summed E-state index contributed by atoms with van der Waals surface area (Å²) in [6.45, 7) is 8.06. The van der Waals surface area contributed by atoms with Crippen LogP contribution in [-0.2, 0) is 14.8 Å². The van der Waals surface area contributed by atoms with E-state index >= 15 is 0 Å².